The molecule has 0 spiro atoms. The Labute approximate surface area is 98.9 Å². The van der Waals surface area contributed by atoms with Crippen molar-refractivity contribution in [2.75, 3.05) is 26.2 Å². The smallest absolute Gasteiger partial charge is 0.0897 e. The summed E-state index contributed by atoms with van der Waals surface area (Å²) >= 11 is 0. The quantitative estimate of drug-likeness (QED) is 0.541. The van der Waals surface area contributed by atoms with Crippen molar-refractivity contribution in [2.24, 2.45) is 5.92 Å². The molecule has 4 nitrogen and oxygen atoms in total. The van der Waals surface area contributed by atoms with E-state index in [1.54, 1.807) is 0 Å². The summed E-state index contributed by atoms with van der Waals surface area (Å²) in [7, 11) is 0. The van der Waals surface area contributed by atoms with Crippen LogP contribution in [0.25, 0.3) is 0 Å². The molecule has 4 heteroatoms. The van der Waals surface area contributed by atoms with Crippen LogP contribution in [0.4, 0.5) is 0 Å². The highest BCUT2D eigenvalue weighted by molar-refractivity contribution is 4.69. The van der Waals surface area contributed by atoms with Gasteiger partial charge in [-0.3, -0.25) is 4.90 Å². The van der Waals surface area contributed by atoms with Crippen molar-refractivity contribution >= 4 is 0 Å². The van der Waals surface area contributed by atoms with Crippen LogP contribution in [0, 0.1) is 5.92 Å². The molecule has 98 valence electrons. The summed E-state index contributed by atoms with van der Waals surface area (Å²) in [6, 6.07) is 0. The van der Waals surface area contributed by atoms with Crippen molar-refractivity contribution in [2.45, 2.75) is 45.8 Å². The summed E-state index contributed by atoms with van der Waals surface area (Å²) in [5.41, 5.74) is 0. The first-order valence-corrected chi connectivity index (χ1v) is 6.22. The Hall–Kier alpha value is -0.160. The fraction of sp³-hybridized carbons (Fsp3) is 1.00. The molecule has 3 N–H and O–H groups in total. The highest BCUT2D eigenvalue weighted by Gasteiger charge is 2.16. The summed E-state index contributed by atoms with van der Waals surface area (Å²) in [4.78, 5) is 2.03. The number of hydrogen-bond donors (Lipinski definition) is 3. The number of hydrogen-bond acceptors (Lipinski definition) is 4. The highest BCUT2D eigenvalue weighted by atomic mass is 16.3. The van der Waals surface area contributed by atoms with Crippen molar-refractivity contribution in [3.63, 3.8) is 0 Å². The monoisotopic (exact) mass is 233 g/mol. The SMILES string of the molecule is CCC(C)CN(CC(O)CC)CC(O)CO. The van der Waals surface area contributed by atoms with Crippen LogP contribution >= 0.6 is 0 Å². The molecular weight excluding hydrogens is 206 g/mol. The van der Waals surface area contributed by atoms with Crippen molar-refractivity contribution in [3.05, 3.63) is 0 Å². The predicted molar refractivity (Wildman–Crippen MR) is 65.3 cm³/mol. The molecule has 0 radical (unpaired) electrons. The number of nitrogens with zero attached hydrogens (tertiary/aromatic N) is 1. The van der Waals surface area contributed by atoms with Gasteiger partial charge in [0.15, 0.2) is 0 Å². The van der Waals surface area contributed by atoms with Gasteiger partial charge in [0, 0.05) is 19.6 Å². The van der Waals surface area contributed by atoms with E-state index in [0.29, 0.717) is 25.4 Å². The first-order valence-electron chi connectivity index (χ1n) is 6.22. The molecule has 3 unspecified atom stereocenters. The van der Waals surface area contributed by atoms with Crippen LogP contribution in [-0.4, -0.2) is 58.7 Å². The van der Waals surface area contributed by atoms with Gasteiger partial charge < -0.3 is 15.3 Å². The molecule has 0 heterocycles. The van der Waals surface area contributed by atoms with Gasteiger partial charge in [-0.1, -0.05) is 27.2 Å². The molecule has 0 saturated heterocycles. The molecule has 0 aliphatic carbocycles. The van der Waals surface area contributed by atoms with Crippen molar-refractivity contribution in [3.8, 4) is 0 Å². The largest absolute Gasteiger partial charge is 0.394 e. The van der Waals surface area contributed by atoms with E-state index in [9.17, 15) is 10.2 Å². The van der Waals surface area contributed by atoms with Crippen LogP contribution in [0.15, 0.2) is 0 Å². The van der Waals surface area contributed by atoms with Gasteiger partial charge in [0.05, 0.1) is 18.8 Å². The van der Waals surface area contributed by atoms with E-state index in [-0.39, 0.29) is 12.7 Å². The molecule has 3 atom stereocenters. The first kappa shape index (κ1) is 15.8. The lowest BCUT2D eigenvalue weighted by Crippen LogP contribution is -2.41. The first-order chi connectivity index (χ1) is 7.53. The third kappa shape index (κ3) is 7.17. The van der Waals surface area contributed by atoms with Gasteiger partial charge in [-0.15, -0.1) is 0 Å². The van der Waals surface area contributed by atoms with Gasteiger partial charge in [0.25, 0.3) is 0 Å². The average Bonchev–Trinajstić information content (AvgIpc) is 2.28. The Kier molecular flexibility index (Phi) is 8.84. The Balaban J connectivity index is 4.15. The van der Waals surface area contributed by atoms with E-state index in [0.717, 1.165) is 13.0 Å². The van der Waals surface area contributed by atoms with Gasteiger partial charge >= 0.3 is 0 Å². The van der Waals surface area contributed by atoms with Gasteiger partial charge in [-0.05, 0) is 12.3 Å². The topological polar surface area (TPSA) is 63.9 Å². The number of rotatable bonds is 9. The lowest BCUT2D eigenvalue weighted by Gasteiger charge is -2.28. The summed E-state index contributed by atoms with van der Waals surface area (Å²) in [6.45, 7) is 7.84. The van der Waals surface area contributed by atoms with E-state index in [1.165, 1.54) is 0 Å². The lowest BCUT2D eigenvalue weighted by molar-refractivity contribution is 0.0333. The molecule has 0 aromatic carbocycles. The molecule has 0 saturated carbocycles. The fourth-order valence-corrected chi connectivity index (χ4v) is 1.58. The van der Waals surface area contributed by atoms with Crippen LogP contribution in [0.5, 0.6) is 0 Å². The maximum Gasteiger partial charge on any atom is 0.0897 e. The fourth-order valence-electron chi connectivity index (χ4n) is 1.58. The lowest BCUT2D eigenvalue weighted by atomic mass is 10.1. The third-order valence-electron chi connectivity index (χ3n) is 2.89. The van der Waals surface area contributed by atoms with Gasteiger partial charge in [0.1, 0.15) is 0 Å². The second kappa shape index (κ2) is 8.93. The van der Waals surface area contributed by atoms with E-state index >= 15 is 0 Å². The zero-order chi connectivity index (χ0) is 12.6. The Morgan fingerprint density at radius 1 is 0.938 bits per heavy atom. The maximum absolute atomic E-state index is 9.61. The Morgan fingerprint density at radius 3 is 1.94 bits per heavy atom. The summed E-state index contributed by atoms with van der Waals surface area (Å²) < 4.78 is 0. The highest BCUT2D eigenvalue weighted by Crippen LogP contribution is 2.07. The Morgan fingerprint density at radius 2 is 1.50 bits per heavy atom. The van der Waals surface area contributed by atoms with Crippen molar-refractivity contribution < 1.29 is 15.3 Å². The predicted octanol–water partition coefficient (Wildman–Crippen LogP) is 0.459. The average molecular weight is 233 g/mol. The van der Waals surface area contributed by atoms with E-state index < -0.39 is 6.10 Å². The zero-order valence-corrected chi connectivity index (χ0v) is 10.8. The van der Waals surface area contributed by atoms with Crippen molar-refractivity contribution in [1.29, 1.82) is 0 Å². The minimum atomic E-state index is -0.715. The second-order valence-corrected chi connectivity index (χ2v) is 4.63. The van der Waals surface area contributed by atoms with Crippen LogP contribution in [-0.2, 0) is 0 Å². The van der Waals surface area contributed by atoms with Crippen LogP contribution in [0.3, 0.4) is 0 Å². The summed E-state index contributed by atoms with van der Waals surface area (Å²) in [5.74, 6) is 0.537. The molecule has 16 heavy (non-hydrogen) atoms. The molecule has 0 aromatic rings. The van der Waals surface area contributed by atoms with Gasteiger partial charge in [0.2, 0.25) is 0 Å². The molecular formula is C12H27NO3. The molecule has 0 fully saturated rings. The van der Waals surface area contributed by atoms with Gasteiger partial charge in [-0.2, -0.15) is 0 Å². The molecule has 0 amide bonds. The summed E-state index contributed by atoms with van der Waals surface area (Å²) in [5, 5.41) is 27.9. The molecule has 0 rings (SSSR count). The normalized spacial score (nSPS) is 17.4. The molecule has 0 aliphatic rings. The molecule has 0 bridgehead atoms. The zero-order valence-electron chi connectivity index (χ0n) is 10.8. The van der Waals surface area contributed by atoms with Crippen LogP contribution in [0.2, 0.25) is 0 Å². The van der Waals surface area contributed by atoms with Gasteiger partial charge in [-0.25, -0.2) is 0 Å². The van der Waals surface area contributed by atoms with Crippen LogP contribution < -0.4 is 0 Å². The minimum absolute atomic E-state index is 0.223. The standard InChI is InChI=1S/C12H27NO3/c1-4-10(3)6-13(7-11(15)5-2)8-12(16)9-14/h10-12,14-16H,4-9H2,1-3H3. The maximum atomic E-state index is 9.61. The summed E-state index contributed by atoms with van der Waals surface area (Å²) in [6.07, 6.45) is 0.725. The van der Waals surface area contributed by atoms with E-state index in [4.69, 9.17) is 5.11 Å². The molecule has 0 aliphatic heterocycles. The molecule has 0 aromatic heterocycles. The number of aliphatic hydroxyl groups excluding tert-OH is 3. The van der Waals surface area contributed by atoms with Crippen LogP contribution in [0.1, 0.15) is 33.6 Å². The minimum Gasteiger partial charge on any atom is -0.394 e. The Bertz CT molecular complexity index is 138. The van der Waals surface area contributed by atoms with E-state index in [2.05, 4.69) is 13.8 Å². The second-order valence-electron chi connectivity index (χ2n) is 4.63. The third-order valence-corrected chi connectivity index (χ3v) is 2.89. The van der Waals surface area contributed by atoms with Crippen molar-refractivity contribution in [1.82, 2.24) is 4.90 Å². The van der Waals surface area contributed by atoms with E-state index in [1.807, 2.05) is 11.8 Å². The number of aliphatic hydroxyl groups is 3.